The SMILES string of the molecule is O=C(O)CCC(=O)N1CCC2(CCC2)C1. The standard InChI is InChI=1S/C11H17NO3/c13-9(2-3-10(14)15)12-7-6-11(8-12)4-1-5-11/h1-8H2,(H,14,15). The van der Waals surface area contributed by atoms with Crippen LogP contribution in [0.15, 0.2) is 0 Å². The number of aliphatic carboxylic acids is 1. The normalized spacial score (nSPS) is 22.8. The van der Waals surface area contributed by atoms with Crippen LogP contribution in [0.5, 0.6) is 0 Å². The van der Waals surface area contributed by atoms with Crippen molar-refractivity contribution < 1.29 is 14.7 Å². The van der Waals surface area contributed by atoms with Gasteiger partial charge in [-0.15, -0.1) is 0 Å². The van der Waals surface area contributed by atoms with Crippen LogP contribution >= 0.6 is 0 Å². The maximum atomic E-state index is 11.6. The molecule has 0 bridgehead atoms. The van der Waals surface area contributed by atoms with Gasteiger partial charge in [0, 0.05) is 19.5 Å². The van der Waals surface area contributed by atoms with Crippen LogP contribution < -0.4 is 0 Å². The fraction of sp³-hybridized carbons (Fsp3) is 0.818. The summed E-state index contributed by atoms with van der Waals surface area (Å²) in [4.78, 5) is 23.8. The number of hydrogen-bond acceptors (Lipinski definition) is 2. The van der Waals surface area contributed by atoms with Gasteiger partial charge in [0.15, 0.2) is 0 Å². The zero-order valence-corrected chi connectivity index (χ0v) is 8.87. The first kappa shape index (κ1) is 10.5. The molecule has 1 saturated carbocycles. The van der Waals surface area contributed by atoms with Crippen LogP contribution in [0.25, 0.3) is 0 Å². The minimum Gasteiger partial charge on any atom is -0.481 e. The van der Waals surface area contributed by atoms with E-state index < -0.39 is 5.97 Å². The third-order valence-electron chi connectivity index (χ3n) is 3.76. The van der Waals surface area contributed by atoms with Crippen molar-refractivity contribution in [1.29, 1.82) is 0 Å². The fourth-order valence-corrected chi connectivity index (χ4v) is 2.60. The highest BCUT2D eigenvalue weighted by molar-refractivity contribution is 5.81. The van der Waals surface area contributed by atoms with Gasteiger partial charge in [0.2, 0.25) is 5.91 Å². The number of likely N-dealkylation sites (tertiary alicyclic amines) is 1. The summed E-state index contributed by atoms with van der Waals surface area (Å²) in [6.45, 7) is 1.70. The number of amides is 1. The molecule has 4 heteroatoms. The average Bonchev–Trinajstić information content (AvgIpc) is 2.58. The number of rotatable bonds is 3. The lowest BCUT2D eigenvalue weighted by molar-refractivity contribution is -0.140. The van der Waals surface area contributed by atoms with Gasteiger partial charge in [0.1, 0.15) is 0 Å². The average molecular weight is 211 g/mol. The van der Waals surface area contributed by atoms with E-state index in [4.69, 9.17) is 5.11 Å². The Morgan fingerprint density at radius 1 is 1.20 bits per heavy atom. The Labute approximate surface area is 89.3 Å². The highest BCUT2D eigenvalue weighted by atomic mass is 16.4. The maximum Gasteiger partial charge on any atom is 0.303 e. The van der Waals surface area contributed by atoms with Gasteiger partial charge >= 0.3 is 5.97 Å². The number of carboxylic acids is 1. The molecule has 1 saturated heterocycles. The van der Waals surface area contributed by atoms with Gasteiger partial charge in [0.25, 0.3) is 0 Å². The molecule has 4 nitrogen and oxygen atoms in total. The minimum absolute atomic E-state index is 0.0150. The molecule has 1 heterocycles. The summed E-state index contributed by atoms with van der Waals surface area (Å²) in [6.07, 6.45) is 5.02. The summed E-state index contributed by atoms with van der Waals surface area (Å²) in [6, 6.07) is 0. The molecule has 1 aliphatic heterocycles. The molecule has 0 radical (unpaired) electrons. The smallest absolute Gasteiger partial charge is 0.303 e. The summed E-state index contributed by atoms with van der Waals surface area (Å²) >= 11 is 0. The van der Waals surface area contributed by atoms with Crippen molar-refractivity contribution in [3.63, 3.8) is 0 Å². The third kappa shape index (κ3) is 2.13. The molecular formula is C11H17NO3. The number of carboxylic acid groups (broad SMARTS) is 1. The van der Waals surface area contributed by atoms with Crippen LogP contribution in [0.1, 0.15) is 38.5 Å². The van der Waals surface area contributed by atoms with Crippen LogP contribution in [-0.2, 0) is 9.59 Å². The molecule has 1 aliphatic carbocycles. The van der Waals surface area contributed by atoms with Crippen molar-refractivity contribution in [2.24, 2.45) is 5.41 Å². The van der Waals surface area contributed by atoms with E-state index in [0.717, 1.165) is 19.5 Å². The van der Waals surface area contributed by atoms with Gasteiger partial charge in [-0.05, 0) is 24.7 Å². The van der Waals surface area contributed by atoms with Crippen LogP contribution in [0.2, 0.25) is 0 Å². The highest BCUT2D eigenvalue weighted by Crippen LogP contribution is 2.47. The zero-order chi connectivity index (χ0) is 10.9. The second-order valence-electron chi connectivity index (χ2n) is 4.81. The molecule has 0 aromatic rings. The molecule has 15 heavy (non-hydrogen) atoms. The fourth-order valence-electron chi connectivity index (χ4n) is 2.60. The van der Waals surface area contributed by atoms with Gasteiger partial charge in [-0.3, -0.25) is 9.59 Å². The summed E-state index contributed by atoms with van der Waals surface area (Å²) in [5.74, 6) is -0.873. The van der Waals surface area contributed by atoms with Gasteiger partial charge in [0.05, 0.1) is 6.42 Å². The van der Waals surface area contributed by atoms with Crippen LogP contribution in [0.3, 0.4) is 0 Å². The second-order valence-corrected chi connectivity index (χ2v) is 4.81. The first-order valence-electron chi connectivity index (χ1n) is 5.61. The van der Waals surface area contributed by atoms with E-state index in [0.29, 0.717) is 5.41 Å². The number of nitrogens with zero attached hydrogens (tertiary/aromatic N) is 1. The molecule has 0 aromatic heterocycles. The topological polar surface area (TPSA) is 57.6 Å². The monoisotopic (exact) mass is 211 g/mol. The maximum absolute atomic E-state index is 11.6. The quantitative estimate of drug-likeness (QED) is 0.764. The summed E-state index contributed by atoms with van der Waals surface area (Å²) < 4.78 is 0. The van der Waals surface area contributed by atoms with E-state index in [-0.39, 0.29) is 18.7 Å². The molecule has 2 fully saturated rings. The van der Waals surface area contributed by atoms with Crippen molar-refractivity contribution in [2.75, 3.05) is 13.1 Å². The van der Waals surface area contributed by atoms with Crippen LogP contribution in [0.4, 0.5) is 0 Å². The molecule has 84 valence electrons. The molecule has 0 atom stereocenters. The molecule has 1 amide bonds. The molecule has 2 aliphatic rings. The van der Waals surface area contributed by atoms with E-state index in [9.17, 15) is 9.59 Å². The van der Waals surface area contributed by atoms with E-state index in [2.05, 4.69) is 0 Å². The van der Waals surface area contributed by atoms with Gasteiger partial charge in [-0.25, -0.2) is 0 Å². The van der Waals surface area contributed by atoms with Crippen molar-refractivity contribution >= 4 is 11.9 Å². The van der Waals surface area contributed by atoms with Crippen molar-refractivity contribution in [1.82, 2.24) is 4.90 Å². The molecule has 1 N–H and O–H groups in total. The lowest BCUT2D eigenvalue weighted by atomic mass is 9.68. The Hall–Kier alpha value is -1.06. The lowest BCUT2D eigenvalue weighted by Crippen LogP contribution is -2.35. The zero-order valence-electron chi connectivity index (χ0n) is 8.87. The third-order valence-corrected chi connectivity index (χ3v) is 3.76. The van der Waals surface area contributed by atoms with Crippen molar-refractivity contribution in [3.05, 3.63) is 0 Å². The predicted octanol–water partition coefficient (Wildman–Crippen LogP) is 1.25. The van der Waals surface area contributed by atoms with Crippen LogP contribution in [0, 0.1) is 5.41 Å². The predicted molar refractivity (Wildman–Crippen MR) is 54.4 cm³/mol. The Kier molecular flexibility index (Phi) is 2.67. The van der Waals surface area contributed by atoms with E-state index >= 15 is 0 Å². The minimum atomic E-state index is -0.888. The van der Waals surface area contributed by atoms with Gasteiger partial charge in [-0.1, -0.05) is 6.42 Å². The molecule has 1 spiro atoms. The van der Waals surface area contributed by atoms with Gasteiger partial charge < -0.3 is 10.0 Å². The number of carbonyl (C=O) groups is 2. The van der Waals surface area contributed by atoms with E-state index in [1.165, 1.54) is 19.3 Å². The summed E-state index contributed by atoms with van der Waals surface area (Å²) in [5, 5.41) is 8.49. The van der Waals surface area contributed by atoms with Crippen LogP contribution in [-0.4, -0.2) is 35.0 Å². The second kappa shape index (κ2) is 3.83. The Morgan fingerprint density at radius 2 is 1.93 bits per heavy atom. The Bertz CT molecular complexity index is 284. The highest BCUT2D eigenvalue weighted by Gasteiger charge is 2.43. The first-order valence-corrected chi connectivity index (χ1v) is 5.61. The molecule has 0 unspecified atom stereocenters. The van der Waals surface area contributed by atoms with Crippen molar-refractivity contribution in [2.45, 2.75) is 38.5 Å². The summed E-state index contributed by atoms with van der Waals surface area (Å²) in [7, 11) is 0. The van der Waals surface area contributed by atoms with E-state index in [1.807, 2.05) is 4.90 Å². The first-order chi connectivity index (χ1) is 7.11. The largest absolute Gasteiger partial charge is 0.481 e. The summed E-state index contributed by atoms with van der Waals surface area (Å²) in [5.41, 5.74) is 0.416. The van der Waals surface area contributed by atoms with E-state index in [1.54, 1.807) is 0 Å². The molecule has 0 aromatic carbocycles. The molecular weight excluding hydrogens is 194 g/mol. The van der Waals surface area contributed by atoms with Crippen molar-refractivity contribution in [3.8, 4) is 0 Å². The number of hydrogen-bond donors (Lipinski definition) is 1. The Morgan fingerprint density at radius 3 is 2.40 bits per heavy atom. The lowest BCUT2D eigenvalue weighted by Gasteiger charge is -2.37. The Balaban J connectivity index is 1.80. The number of carbonyl (C=O) groups excluding carboxylic acids is 1. The van der Waals surface area contributed by atoms with Gasteiger partial charge in [-0.2, -0.15) is 0 Å². The molecule has 2 rings (SSSR count).